The molecule has 1 amide bonds. The second-order valence-corrected chi connectivity index (χ2v) is 8.77. The summed E-state index contributed by atoms with van der Waals surface area (Å²) in [6.45, 7) is 2.84. The van der Waals surface area contributed by atoms with Crippen LogP contribution in [0.25, 0.3) is 22.6 Å². The minimum Gasteiger partial charge on any atom is -0.298 e. The number of amides is 1. The van der Waals surface area contributed by atoms with Crippen LogP contribution < -0.4 is 5.32 Å². The fourth-order valence-electron chi connectivity index (χ4n) is 4.08. The van der Waals surface area contributed by atoms with Crippen molar-refractivity contribution in [3.63, 3.8) is 0 Å². The lowest BCUT2D eigenvalue weighted by Crippen LogP contribution is -2.14. The Morgan fingerprint density at radius 1 is 1.19 bits per heavy atom. The SMILES string of the molecule is CCCc1sc(NC(=O)c2c(-c3ccccc3F)nn3c2CCC3)nc1-c1ccccn1. The third-order valence-corrected chi connectivity index (χ3v) is 6.53. The van der Waals surface area contributed by atoms with Crippen molar-refractivity contribution in [2.75, 3.05) is 5.32 Å². The van der Waals surface area contributed by atoms with Crippen molar-refractivity contribution in [2.45, 2.75) is 39.2 Å². The normalized spacial score (nSPS) is 12.7. The number of rotatable bonds is 6. The molecule has 0 atom stereocenters. The molecular formula is C24H22FN5OS. The van der Waals surface area contributed by atoms with Crippen molar-refractivity contribution in [3.8, 4) is 22.6 Å². The Bertz CT molecular complexity index is 1280. The summed E-state index contributed by atoms with van der Waals surface area (Å²) < 4.78 is 16.4. The van der Waals surface area contributed by atoms with Crippen molar-refractivity contribution in [3.05, 3.63) is 70.6 Å². The van der Waals surface area contributed by atoms with E-state index in [1.54, 1.807) is 24.4 Å². The van der Waals surface area contributed by atoms with E-state index in [2.05, 4.69) is 27.3 Å². The number of aromatic nitrogens is 4. The van der Waals surface area contributed by atoms with Gasteiger partial charge in [-0.1, -0.05) is 31.5 Å². The Balaban J connectivity index is 1.52. The van der Waals surface area contributed by atoms with Gasteiger partial charge in [0.1, 0.15) is 17.2 Å². The molecule has 6 nitrogen and oxygen atoms in total. The van der Waals surface area contributed by atoms with Gasteiger partial charge >= 0.3 is 0 Å². The van der Waals surface area contributed by atoms with Gasteiger partial charge in [0.15, 0.2) is 5.13 Å². The van der Waals surface area contributed by atoms with Gasteiger partial charge in [0.25, 0.3) is 5.91 Å². The van der Waals surface area contributed by atoms with E-state index in [-0.39, 0.29) is 5.91 Å². The fraction of sp³-hybridized carbons (Fsp3) is 0.250. The molecule has 1 aliphatic heterocycles. The number of thiazole rings is 1. The summed E-state index contributed by atoms with van der Waals surface area (Å²) >= 11 is 1.46. The number of carbonyl (C=O) groups excluding carboxylic acids is 1. The summed E-state index contributed by atoms with van der Waals surface area (Å²) in [4.78, 5) is 23.6. The third kappa shape index (κ3) is 3.71. The second kappa shape index (κ2) is 8.63. The third-order valence-electron chi connectivity index (χ3n) is 5.50. The predicted molar refractivity (Wildman–Crippen MR) is 123 cm³/mol. The number of anilines is 1. The maximum Gasteiger partial charge on any atom is 0.261 e. The van der Waals surface area contributed by atoms with Gasteiger partial charge in [-0.05, 0) is 43.5 Å². The monoisotopic (exact) mass is 447 g/mol. The van der Waals surface area contributed by atoms with E-state index in [4.69, 9.17) is 0 Å². The van der Waals surface area contributed by atoms with E-state index in [0.29, 0.717) is 22.0 Å². The van der Waals surface area contributed by atoms with Crippen LogP contribution in [0.2, 0.25) is 0 Å². The molecule has 0 fully saturated rings. The minimum atomic E-state index is -0.393. The van der Waals surface area contributed by atoms with Crippen LogP contribution in [-0.2, 0) is 19.4 Å². The van der Waals surface area contributed by atoms with Crippen LogP contribution in [0, 0.1) is 5.82 Å². The van der Waals surface area contributed by atoms with E-state index in [0.717, 1.165) is 54.2 Å². The van der Waals surface area contributed by atoms with E-state index >= 15 is 0 Å². The number of pyridine rings is 1. The van der Waals surface area contributed by atoms with E-state index in [1.807, 2.05) is 22.9 Å². The van der Waals surface area contributed by atoms with Crippen LogP contribution in [-0.4, -0.2) is 25.7 Å². The number of aryl methyl sites for hydroxylation is 2. The highest BCUT2D eigenvalue weighted by Gasteiger charge is 2.29. The Kier molecular flexibility index (Phi) is 5.53. The number of benzene rings is 1. The highest BCUT2D eigenvalue weighted by atomic mass is 32.1. The first-order chi connectivity index (χ1) is 15.7. The summed E-state index contributed by atoms with van der Waals surface area (Å²) in [5.74, 6) is -0.703. The standard InChI is InChI=1S/C24H22FN5OS/c1-2-8-19-22(17-11-5-6-13-26-17)27-24(32-19)28-23(31)20-18-12-7-14-30(18)29-21(20)15-9-3-4-10-16(15)25/h3-6,9-11,13H,2,7-8,12,14H2,1H3,(H,27,28,31). The molecule has 1 aromatic carbocycles. The molecule has 0 bridgehead atoms. The van der Waals surface area contributed by atoms with Gasteiger partial charge in [-0.2, -0.15) is 5.10 Å². The zero-order valence-electron chi connectivity index (χ0n) is 17.6. The minimum absolute atomic E-state index is 0.309. The molecule has 32 heavy (non-hydrogen) atoms. The molecule has 0 aliphatic carbocycles. The van der Waals surface area contributed by atoms with Crippen LogP contribution in [0.5, 0.6) is 0 Å². The second-order valence-electron chi connectivity index (χ2n) is 7.69. The molecular weight excluding hydrogens is 425 g/mol. The van der Waals surface area contributed by atoms with Crippen LogP contribution in [0.1, 0.15) is 40.7 Å². The van der Waals surface area contributed by atoms with Gasteiger partial charge < -0.3 is 0 Å². The van der Waals surface area contributed by atoms with Gasteiger partial charge in [0.05, 0.1) is 17.0 Å². The first-order valence-corrected chi connectivity index (χ1v) is 11.5. The lowest BCUT2D eigenvalue weighted by molar-refractivity contribution is 0.102. The average Bonchev–Trinajstić information content (AvgIpc) is 3.49. The van der Waals surface area contributed by atoms with Crippen LogP contribution in [0.15, 0.2) is 48.7 Å². The molecule has 4 heterocycles. The maximum atomic E-state index is 14.5. The molecule has 8 heteroatoms. The van der Waals surface area contributed by atoms with Gasteiger partial charge in [-0.3, -0.25) is 19.8 Å². The first kappa shape index (κ1) is 20.5. The summed E-state index contributed by atoms with van der Waals surface area (Å²) in [5, 5.41) is 8.04. The van der Waals surface area contributed by atoms with Crippen LogP contribution >= 0.6 is 11.3 Å². The smallest absolute Gasteiger partial charge is 0.261 e. The van der Waals surface area contributed by atoms with Crippen LogP contribution in [0.3, 0.4) is 0 Å². The lowest BCUT2D eigenvalue weighted by atomic mass is 10.0. The zero-order chi connectivity index (χ0) is 22.1. The molecule has 4 aromatic rings. The predicted octanol–water partition coefficient (Wildman–Crippen LogP) is 5.36. The van der Waals surface area contributed by atoms with Crippen molar-refractivity contribution in [1.82, 2.24) is 19.7 Å². The van der Waals surface area contributed by atoms with Crippen LogP contribution in [0.4, 0.5) is 9.52 Å². The summed E-state index contributed by atoms with van der Waals surface area (Å²) in [7, 11) is 0. The number of nitrogens with one attached hydrogen (secondary N) is 1. The lowest BCUT2D eigenvalue weighted by Gasteiger charge is -2.06. The Hall–Kier alpha value is -3.39. The number of hydrogen-bond acceptors (Lipinski definition) is 5. The van der Waals surface area contributed by atoms with Crippen molar-refractivity contribution >= 4 is 22.4 Å². The summed E-state index contributed by atoms with van der Waals surface area (Å²) in [6.07, 6.45) is 5.20. The van der Waals surface area contributed by atoms with Gasteiger partial charge in [0.2, 0.25) is 0 Å². The number of carbonyl (C=O) groups is 1. The van der Waals surface area contributed by atoms with Gasteiger partial charge in [-0.25, -0.2) is 9.37 Å². The fourth-order valence-corrected chi connectivity index (χ4v) is 5.14. The average molecular weight is 448 g/mol. The number of halogens is 1. The van der Waals surface area contributed by atoms with Gasteiger partial charge in [-0.15, -0.1) is 11.3 Å². The first-order valence-electron chi connectivity index (χ1n) is 10.7. The molecule has 0 saturated heterocycles. The van der Waals surface area contributed by atoms with Gasteiger partial charge in [0, 0.05) is 23.2 Å². The molecule has 3 aromatic heterocycles. The van der Waals surface area contributed by atoms with Crippen molar-refractivity contribution in [2.24, 2.45) is 0 Å². The Labute approximate surface area is 189 Å². The Morgan fingerprint density at radius 2 is 2.03 bits per heavy atom. The molecule has 0 radical (unpaired) electrons. The highest BCUT2D eigenvalue weighted by molar-refractivity contribution is 7.16. The topological polar surface area (TPSA) is 72.7 Å². The molecule has 0 saturated carbocycles. The van der Waals surface area contributed by atoms with E-state index in [9.17, 15) is 9.18 Å². The molecule has 0 spiro atoms. The van der Waals surface area contributed by atoms with E-state index < -0.39 is 5.82 Å². The number of hydrogen-bond donors (Lipinski definition) is 1. The largest absolute Gasteiger partial charge is 0.298 e. The summed E-state index contributed by atoms with van der Waals surface area (Å²) in [5.41, 5.74) is 3.56. The highest BCUT2D eigenvalue weighted by Crippen LogP contribution is 2.34. The quantitative estimate of drug-likeness (QED) is 0.432. The molecule has 5 rings (SSSR count). The molecule has 1 N–H and O–H groups in total. The maximum absolute atomic E-state index is 14.5. The number of fused-ring (bicyclic) bond motifs is 1. The zero-order valence-corrected chi connectivity index (χ0v) is 18.5. The summed E-state index contributed by atoms with van der Waals surface area (Å²) in [6, 6.07) is 12.1. The molecule has 162 valence electrons. The van der Waals surface area contributed by atoms with E-state index in [1.165, 1.54) is 17.4 Å². The van der Waals surface area contributed by atoms with Crippen molar-refractivity contribution < 1.29 is 9.18 Å². The molecule has 1 aliphatic rings. The van der Waals surface area contributed by atoms with Crippen molar-refractivity contribution in [1.29, 1.82) is 0 Å². The molecule has 0 unspecified atom stereocenters. The number of nitrogens with zero attached hydrogens (tertiary/aromatic N) is 4. The Morgan fingerprint density at radius 3 is 2.81 bits per heavy atom.